The van der Waals surface area contributed by atoms with Crippen molar-refractivity contribution in [1.29, 1.82) is 0 Å². The molecule has 0 atom stereocenters. The third-order valence-corrected chi connectivity index (χ3v) is 12.7. The molecule has 0 spiro atoms. The number of hydrogen-bond acceptors (Lipinski definition) is 2. The number of fused-ring (bicyclic) bond motifs is 9. The van der Waals surface area contributed by atoms with Gasteiger partial charge in [0.1, 0.15) is 0 Å². The zero-order valence-corrected chi connectivity index (χ0v) is 30.9. The van der Waals surface area contributed by atoms with Crippen molar-refractivity contribution >= 4 is 70.4 Å². The van der Waals surface area contributed by atoms with Gasteiger partial charge >= 0.3 is 0 Å². The number of hydrogen-bond donors (Lipinski definition) is 0. The van der Waals surface area contributed by atoms with Crippen molar-refractivity contribution in [2.45, 2.75) is 19.3 Å². The Hall–Kier alpha value is -6.42. The maximum absolute atomic E-state index is 2.52. The van der Waals surface area contributed by atoms with Crippen molar-refractivity contribution in [2.24, 2.45) is 0 Å². The molecule has 3 heteroatoms. The zero-order chi connectivity index (χ0) is 36.0. The summed E-state index contributed by atoms with van der Waals surface area (Å²) in [5, 5.41) is 5.12. The number of rotatable bonds is 5. The number of nitrogens with zero attached hydrogens (tertiary/aromatic N) is 2. The van der Waals surface area contributed by atoms with Gasteiger partial charge in [0.25, 0.3) is 0 Å². The van der Waals surface area contributed by atoms with Gasteiger partial charge in [-0.2, -0.15) is 0 Å². The molecule has 0 fully saturated rings. The van der Waals surface area contributed by atoms with Crippen LogP contribution in [0.15, 0.2) is 182 Å². The molecule has 0 saturated heterocycles. The lowest BCUT2D eigenvalue weighted by molar-refractivity contribution is 0.660. The van der Waals surface area contributed by atoms with Crippen LogP contribution in [-0.2, 0) is 5.41 Å². The summed E-state index contributed by atoms with van der Waals surface area (Å²) in [6.07, 6.45) is 0. The molecule has 54 heavy (non-hydrogen) atoms. The van der Waals surface area contributed by atoms with E-state index in [9.17, 15) is 0 Å². The second-order valence-corrected chi connectivity index (χ2v) is 16.0. The van der Waals surface area contributed by atoms with Crippen LogP contribution in [0.4, 0.5) is 17.1 Å². The molecule has 0 aliphatic heterocycles. The molecular formula is C51H36N2S. The molecule has 2 aromatic heterocycles. The van der Waals surface area contributed by atoms with Crippen LogP contribution in [0.2, 0.25) is 0 Å². The molecule has 8 aromatic carbocycles. The summed E-state index contributed by atoms with van der Waals surface area (Å²) in [6, 6.07) is 67.0. The molecule has 0 radical (unpaired) electrons. The molecular weight excluding hydrogens is 673 g/mol. The summed E-state index contributed by atoms with van der Waals surface area (Å²) >= 11 is 1.87. The predicted octanol–water partition coefficient (Wildman–Crippen LogP) is 14.6. The van der Waals surface area contributed by atoms with Crippen LogP contribution in [0.25, 0.3) is 69.9 Å². The van der Waals surface area contributed by atoms with E-state index in [1.165, 1.54) is 81.0 Å². The highest BCUT2D eigenvalue weighted by Gasteiger charge is 2.38. The molecule has 1 aliphatic carbocycles. The summed E-state index contributed by atoms with van der Waals surface area (Å²) in [5.74, 6) is 0. The fourth-order valence-electron chi connectivity index (χ4n) is 9.18. The lowest BCUT2D eigenvalue weighted by Gasteiger charge is -2.29. The summed E-state index contributed by atoms with van der Waals surface area (Å²) in [5.41, 5.74) is 14.7. The summed E-state index contributed by atoms with van der Waals surface area (Å²) in [6.45, 7) is 4.73. The van der Waals surface area contributed by atoms with Gasteiger partial charge in [-0.3, -0.25) is 0 Å². The van der Waals surface area contributed by atoms with Crippen LogP contribution >= 0.6 is 11.3 Å². The minimum Gasteiger partial charge on any atom is -0.309 e. The van der Waals surface area contributed by atoms with E-state index in [4.69, 9.17) is 0 Å². The highest BCUT2D eigenvalue weighted by atomic mass is 32.1. The Labute approximate surface area is 318 Å². The van der Waals surface area contributed by atoms with Crippen LogP contribution < -0.4 is 4.90 Å². The monoisotopic (exact) mass is 708 g/mol. The summed E-state index contributed by atoms with van der Waals surface area (Å²) < 4.78 is 5.06. The standard InChI is InChI=1S/C51H36N2S/c1-51(2)40-21-9-6-17-37(40)49-41(51)22-13-24-43(49)53(35-31-29-33(30-32-35)36-20-12-28-47-48(36)39-19-8-11-27-46(39)54-47)45-26-14-25-44-50(45)38-18-7-10-23-42(38)52(44)34-15-4-3-5-16-34/h3-32H,1-2H3. The van der Waals surface area contributed by atoms with Crippen LogP contribution in [0.1, 0.15) is 25.0 Å². The molecule has 256 valence electrons. The number of anilines is 3. The molecule has 10 aromatic rings. The summed E-state index contributed by atoms with van der Waals surface area (Å²) in [7, 11) is 0. The number of para-hydroxylation sites is 2. The van der Waals surface area contributed by atoms with E-state index in [1.54, 1.807) is 0 Å². The van der Waals surface area contributed by atoms with Gasteiger partial charge < -0.3 is 9.47 Å². The van der Waals surface area contributed by atoms with Gasteiger partial charge in [0, 0.05) is 53.3 Å². The van der Waals surface area contributed by atoms with Crippen LogP contribution in [0.5, 0.6) is 0 Å². The van der Waals surface area contributed by atoms with E-state index in [2.05, 4.69) is 205 Å². The average molecular weight is 709 g/mol. The van der Waals surface area contributed by atoms with E-state index >= 15 is 0 Å². The lowest BCUT2D eigenvalue weighted by Crippen LogP contribution is -2.16. The molecule has 1 aliphatic rings. The fourth-order valence-corrected chi connectivity index (χ4v) is 10.3. The smallest absolute Gasteiger partial charge is 0.0562 e. The van der Waals surface area contributed by atoms with Gasteiger partial charge in [0.15, 0.2) is 0 Å². The molecule has 2 heterocycles. The van der Waals surface area contributed by atoms with Crippen LogP contribution in [0, 0.1) is 0 Å². The largest absolute Gasteiger partial charge is 0.309 e. The van der Waals surface area contributed by atoms with Gasteiger partial charge in [-0.25, -0.2) is 0 Å². The molecule has 0 unspecified atom stereocenters. The van der Waals surface area contributed by atoms with Crippen molar-refractivity contribution in [1.82, 2.24) is 4.57 Å². The maximum atomic E-state index is 2.52. The van der Waals surface area contributed by atoms with Crippen molar-refractivity contribution in [2.75, 3.05) is 4.90 Å². The number of aromatic nitrogens is 1. The molecule has 11 rings (SSSR count). The van der Waals surface area contributed by atoms with Gasteiger partial charge in [-0.15, -0.1) is 11.3 Å². The first-order valence-corrected chi connectivity index (χ1v) is 19.5. The SMILES string of the molecule is CC1(C)c2ccccc2-c2c(N(c3ccc(-c4cccc5sc6ccccc6c45)cc3)c3cccc4c3c3ccccc3n4-c3ccccc3)cccc21. The Bertz CT molecular complexity index is 3070. The Morgan fingerprint density at radius 1 is 0.463 bits per heavy atom. The third-order valence-electron chi connectivity index (χ3n) is 11.6. The first-order valence-electron chi connectivity index (χ1n) is 18.7. The maximum Gasteiger partial charge on any atom is 0.0562 e. The van der Waals surface area contributed by atoms with Gasteiger partial charge in [-0.05, 0) is 88.5 Å². The minimum atomic E-state index is -0.116. The third kappa shape index (κ3) is 4.46. The quantitative estimate of drug-likeness (QED) is 0.173. The average Bonchev–Trinajstić information content (AvgIpc) is 3.85. The first-order chi connectivity index (χ1) is 26.6. The Kier molecular flexibility index (Phi) is 6.80. The van der Waals surface area contributed by atoms with Crippen molar-refractivity contribution in [3.8, 4) is 27.9 Å². The van der Waals surface area contributed by atoms with Gasteiger partial charge in [0.2, 0.25) is 0 Å². The van der Waals surface area contributed by atoms with Crippen molar-refractivity contribution < 1.29 is 0 Å². The lowest BCUT2D eigenvalue weighted by atomic mass is 9.82. The van der Waals surface area contributed by atoms with E-state index in [1.807, 2.05) is 11.3 Å². The Balaban J connectivity index is 1.19. The topological polar surface area (TPSA) is 8.17 Å². The fraction of sp³-hybridized carbons (Fsp3) is 0.0588. The predicted molar refractivity (Wildman–Crippen MR) is 231 cm³/mol. The van der Waals surface area contributed by atoms with Crippen molar-refractivity contribution in [3.05, 3.63) is 193 Å². The number of thiophene rings is 1. The number of benzene rings is 8. The first kappa shape index (κ1) is 31.1. The highest BCUT2D eigenvalue weighted by Crippen LogP contribution is 2.55. The van der Waals surface area contributed by atoms with Gasteiger partial charge in [0.05, 0.1) is 22.4 Å². The molecule has 0 saturated carbocycles. The van der Waals surface area contributed by atoms with E-state index in [-0.39, 0.29) is 5.41 Å². The molecule has 0 bridgehead atoms. The zero-order valence-electron chi connectivity index (χ0n) is 30.1. The molecule has 2 nitrogen and oxygen atoms in total. The van der Waals surface area contributed by atoms with E-state index in [0.29, 0.717) is 0 Å². The second kappa shape index (κ2) is 11.8. The summed E-state index contributed by atoms with van der Waals surface area (Å²) in [4.78, 5) is 2.52. The Morgan fingerprint density at radius 2 is 1.09 bits per heavy atom. The van der Waals surface area contributed by atoms with E-state index in [0.717, 1.165) is 17.1 Å². The normalized spacial score (nSPS) is 13.1. The van der Waals surface area contributed by atoms with Crippen LogP contribution in [0.3, 0.4) is 0 Å². The van der Waals surface area contributed by atoms with Crippen molar-refractivity contribution in [3.63, 3.8) is 0 Å². The Morgan fingerprint density at radius 3 is 1.96 bits per heavy atom. The van der Waals surface area contributed by atoms with Crippen LogP contribution in [-0.4, -0.2) is 4.57 Å². The second-order valence-electron chi connectivity index (χ2n) is 14.9. The highest BCUT2D eigenvalue weighted by molar-refractivity contribution is 7.25. The molecule has 0 amide bonds. The minimum absolute atomic E-state index is 0.116. The molecule has 0 N–H and O–H groups in total. The van der Waals surface area contributed by atoms with Gasteiger partial charge in [-0.1, -0.05) is 135 Å². The van der Waals surface area contributed by atoms with E-state index < -0.39 is 0 Å².